The predicted molar refractivity (Wildman–Crippen MR) is 130 cm³/mol. The van der Waals surface area contributed by atoms with Crippen molar-refractivity contribution in [1.29, 1.82) is 0 Å². The van der Waals surface area contributed by atoms with E-state index in [9.17, 15) is 5.11 Å². The average Bonchev–Trinajstić information content (AvgIpc) is 3.35. The molecule has 4 heteroatoms. The molecule has 4 aliphatic carbocycles. The molecule has 1 saturated carbocycles. The second-order valence-electron chi connectivity index (χ2n) is 11.1. The van der Waals surface area contributed by atoms with Gasteiger partial charge in [0.25, 0.3) is 0 Å². The number of aliphatic hydroxyl groups is 1. The predicted octanol–water partition coefficient (Wildman–Crippen LogP) is 5.48. The molecule has 2 aromatic rings. The maximum absolute atomic E-state index is 12.3. The summed E-state index contributed by atoms with van der Waals surface area (Å²) in [7, 11) is 4.42. The molecule has 4 aliphatic rings. The quantitative estimate of drug-likeness (QED) is 0.664. The molecule has 168 valence electrons. The molecular weight excluding hydrogens is 394 g/mol. The van der Waals surface area contributed by atoms with E-state index in [1.807, 2.05) is 6.20 Å². The lowest BCUT2D eigenvalue weighted by Gasteiger charge is -2.48. The van der Waals surface area contributed by atoms with E-state index in [-0.39, 0.29) is 11.3 Å². The summed E-state index contributed by atoms with van der Waals surface area (Å²) in [4.78, 5) is 2.39. The number of hydrogen-bond donors (Lipinski definition) is 2. The number of nitrogens with one attached hydrogen (secondary N) is 1. The molecule has 0 amide bonds. The van der Waals surface area contributed by atoms with Gasteiger partial charge in [-0.25, -0.2) is 0 Å². The van der Waals surface area contributed by atoms with Gasteiger partial charge in [-0.05, 0) is 87.7 Å². The van der Waals surface area contributed by atoms with Gasteiger partial charge in [0.2, 0.25) is 0 Å². The highest BCUT2D eigenvalue weighted by atomic mass is 16.3. The Morgan fingerprint density at radius 3 is 2.91 bits per heavy atom. The number of allylic oxidation sites excluding steroid dienone is 4. The average molecular weight is 430 g/mol. The zero-order valence-corrected chi connectivity index (χ0v) is 19.6. The van der Waals surface area contributed by atoms with Crippen LogP contribution in [0.2, 0.25) is 0 Å². The minimum atomic E-state index is -0.721. The largest absolute Gasteiger partial charge is 0.385 e. The summed E-state index contributed by atoms with van der Waals surface area (Å²) in [6.45, 7) is 2.38. The Balaban J connectivity index is 1.33. The Morgan fingerprint density at radius 2 is 2.06 bits per heavy atom. The van der Waals surface area contributed by atoms with Crippen LogP contribution in [0.5, 0.6) is 0 Å². The van der Waals surface area contributed by atoms with Gasteiger partial charge < -0.3 is 10.0 Å². The number of aromatic amines is 1. The molecule has 0 radical (unpaired) electrons. The number of hydrogen-bond acceptors (Lipinski definition) is 3. The van der Waals surface area contributed by atoms with E-state index in [1.165, 1.54) is 36.0 Å². The Morgan fingerprint density at radius 1 is 1.19 bits per heavy atom. The molecule has 1 fully saturated rings. The summed E-state index contributed by atoms with van der Waals surface area (Å²) < 4.78 is 0. The number of aromatic nitrogens is 2. The fraction of sp³-hybridized carbons (Fsp3) is 0.536. The van der Waals surface area contributed by atoms with E-state index in [4.69, 9.17) is 0 Å². The monoisotopic (exact) mass is 429 g/mol. The molecule has 1 aromatic heterocycles. The third kappa shape index (κ3) is 2.92. The van der Waals surface area contributed by atoms with E-state index < -0.39 is 5.60 Å². The number of H-pyrrole nitrogens is 1. The second kappa shape index (κ2) is 7.16. The SMILES string of the molecule is CN(C)C1CCC2=CC3=CCC4(C)C(c5ccc6cn[nH]c6c5)=CCC4[C@@]3(O)CCC2C1. The van der Waals surface area contributed by atoms with Crippen molar-refractivity contribution in [3.05, 3.63) is 59.3 Å². The van der Waals surface area contributed by atoms with Gasteiger partial charge in [-0.1, -0.05) is 42.9 Å². The van der Waals surface area contributed by atoms with E-state index >= 15 is 0 Å². The van der Waals surface area contributed by atoms with E-state index in [0.29, 0.717) is 12.0 Å². The Labute approximate surface area is 191 Å². The molecule has 5 atom stereocenters. The summed E-state index contributed by atoms with van der Waals surface area (Å²) in [6.07, 6.45) is 16.7. The topological polar surface area (TPSA) is 52.2 Å². The molecule has 6 rings (SSSR count). The zero-order valence-electron chi connectivity index (χ0n) is 19.6. The van der Waals surface area contributed by atoms with E-state index in [2.05, 4.69) is 72.5 Å². The molecule has 0 aliphatic heterocycles. The lowest BCUT2D eigenvalue weighted by atomic mass is 9.58. The lowest BCUT2D eigenvalue weighted by Crippen LogP contribution is -2.48. The summed E-state index contributed by atoms with van der Waals surface area (Å²) >= 11 is 0. The lowest BCUT2D eigenvalue weighted by molar-refractivity contribution is -0.0331. The van der Waals surface area contributed by atoms with Crippen LogP contribution in [0.25, 0.3) is 16.5 Å². The first-order valence-electron chi connectivity index (χ1n) is 12.3. The van der Waals surface area contributed by atoms with Crippen LogP contribution in [0.3, 0.4) is 0 Å². The highest BCUT2D eigenvalue weighted by Crippen LogP contribution is 2.61. The number of benzene rings is 1. The van der Waals surface area contributed by atoms with Crippen LogP contribution < -0.4 is 0 Å². The van der Waals surface area contributed by atoms with Gasteiger partial charge in [0.15, 0.2) is 0 Å². The fourth-order valence-electron chi connectivity index (χ4n) is 7.34. The minimum absolute atomic E-state index is 0.0356. The second-order valence-corrected chi connectivity index (χ2v) is 11.1. The fourth-order valence-corrected chi connectivity index (χ4v) is 7.34. The van der Waals surface area contributed by atoms with Crippen molar-refractivity contribution in [3.63, 3.8) is 0 Å². The number of nitrogens with zero attached hydrogens (tertiary/aromatic N) is 2. The van der Waals surface area contributed by atoms with E-state index in [0.717, 1.165) is 36.6 Å². The molecule has 1 aromatic carbocycles. The smallest absolute Gasteiger partial charge is 0.0933 e. The van der Waals surface area contributed by atoms with Crippen molar-refractivity contribution < 1.29 is 5.11 Å². The van der Waals surface area contributed by atoms with Crippen LogP contribution in [0.4, 0.5) is 0 Å². The van der Waals surface area contributed by atoms with Gasteiger partial charge in [0.05, 0.1) is 17.3 Å². The summed E-state index contributed by atoms with van der Waals surface area (Å²) in [5.41, 5.74) is 5.78. The molecule has 4 nitrogen and oxygen atoms in total. The standard InChI is InChI=1S/C28H35N3O/c1-27-12-11-22-14-18-6-7-23(31(2)3)15-19(18)10-13-28(22,32)26(27)9-8-24(27)20-4-5-21-17-29-30-25(21)16-20/h4-5,8,11,14,16-17,19,23,26,32H,6-7,9-10,12-13,15H2,1-3H3,(H,29,30)/t19?,23?,26?,27?,28-/m1/s1. The number of fused-ring (bicyclic) bond motifs is 5. The first kappa shape index (κ1) is 20.4. The van der Waals surface area contributed by atoms with Crippen molar-refractivity contribution in [2.45, 2.75) is 63.5 Å². The highest BCUT2D eigenvalue weighted by molar-refractivity contribution is 5.84. The van der Waals surface area contributed by atoms with Crippen molar-refractivity contribution in [2.24, 2.45) is 17.3 Å². The molecular formula is C28H35N3O. The van der Waals surface area contributed by atoms with Gasteiger partial charge >= 0.3 is 0 Å². The van der Waals surface area contributed by atoms with Crippen LogP contribution >= 0.6 is 0 Å². The highest BCUT2D eigenvalue weighted by Gasteiger charge is 2.55. The van der Waals surface area contributed by atoms with Gasteiger partial charge in [-0.2, -0.15) is 5.10 Å². The first-order chi connectivity index (χ1) is 15.4. The van der Waals surface area contributed by atoms with Crippen molar-refractivity contribution in [1.82, 2.24) is 15.1 Å². The first-order valence-corrected chi connectivity index (χ1v) is 12.3. The Hall–Kier alpha value is -2.17. The van der Waals surface area contributed by atoms with Crippen LogP contribution in [0.1, 0.15) is 57.4 Å². The van der Waals surface area contributed by atoms with E-state index in [1.54, 1.807) is 5.57 Å². The van der Waals surface area contributed by atoms with Gasteiger partial charge in [0.1, 0.15) is 0 Å². The third-order valence-corrected chi connectivity index (χ3v) is 9.31. The molecule has 0 bridgehead atoms. The summed E-state index contributed by atoms with van der Waals surface area (Å²) in [5.74, 6) is 0.860. The van der Waals surface area contributed by atoms with Gasteiger partial charge in [0, 0.05) is 22.8 Å². The molecule has 0 saturated heterocycles. The molecule has 2 N–H and O–H groups in total. The maximum atomic E-state index is 12.3. The third-order valence-electron chi connectivity index (χ3n) is 9.31. The van der Waals surface area contributed by atoms with Gasteiger partial charge in [-0.3, -0.25) is 5.10 Å². The van der Waals surface area contributed by atoms with Gasteiger partial charge in [-0.15, -0.1) is 0 Å². The van der Waals surface area contributed by atoms with Crippen LogP contribution in [-0.4, -0.2) is 45.9 Å². The molecule has 32 heavy (non-hydrogen) atoms. The molecule has 4 unspecified atom stereocenters. The van der Waals surface area contributed by atoms with Crippen molar-refractivity contribution in [3.8, 4) is 0 Å². The Kier molecular flexibility index (Phi) is 4.58. The maximum Gasteiger partial charge on any atom is 0.0933 e. The number of rotatable bonds is 2. The zero-order chi connectivity index (χ0) is 22.1. The normalized spacial score (nSPS) is 36.7. The minimum Gasteiger partial charge on any atom is -0.385 e. The summed E-state index contributed by atoms with van der Waals surface area (Å²) in [6, 6.07) is 7.29. The van der Waals surface area contributed by atoms with Crippen LogP contribution in [0, 0.1) is 17.3 Å². The summed E-state index contributed by atoms with van der Waals surface area (Å²) in [5, 5.41) is 20.7. The Bertz CT molecular complexity index is 1150. The van der Waals surface area contributed by atoms with Crippen LogP contribution in [-0.2, 0) is 0 Å². The molecule has 1 heterocycles. The van der Waals surface area contributed by atoms with Crippen LogP contribution in [0.15, 0.2) is 53.8 Å². The van der Waals surface area contributed by atoms with Crippen molar-refractivity contribution in [2.75, 3.05) is 14.1 Å². The van der Waals surface area contributed by atoms with Crippen molar-refractivity contribution >= 4 is 16.5 Å². The molecule has 0 spiro atoms.